The van der Waals surface area contributed by atoms with Crippen molar-refractivity contribution in [1.29, 1.82) is 0 Å². The fourth-order valence-corrected chi connectivity index (χ4v) is 3.30. The molecule has 0 radical (unpaired) electrons. The molecule has 1 atom stereocenters. The molecule has 3 rings (SSSR count). The molecule has 0 bridgehead atoms. The van der Waals surface area contributed by atoms with Crippen molar-refractivity contribution in [3.8, 4) is 0 Å². The van der Waals surface area contributed by atoms with E-state index in [1.54, 1.807) is 29.1 Å². The van der Waals surface area contributed by atoms with Gasteiger partial charge in [-0.05, 0) is 49.4 Å². The van der Waals surface area contributed by atoms with Crippen molar-refractivity contribution in [3.05, 3.63) is 52.3 Å². The van der Waals surface area contributed by atoms with Gasteiger partial charge in [0, 0.05) is 29.4 Å². The van der Waals surface area contributed by atoms with Crippen LogP contribution in [-0.4, -0.2) is 26.9 Å². The number of carbonyl (C=O) groups is 1. The Hall–Kier alpha value is -1.85. The van der Waals surface area contributed by atoms with Crippen molar-refractivity contribution >= 4 is 17.5 Å². The van der Waals surface area contributed by atoms with E-state index < -0.39 is 0 Å². The van der Waals surface area contributed by atoms with E-state index in [1.165, 1.54) is 0 Å². The molecule has 2 N–H and O–H groups in total. The van der Waals surface area contributed by atoms with E-state index in [1.807, 2.05) is 20.2 Å². The Labute approximate surface area is 140 Å². The number of benzene rings is 1. The molecule has 0 saturated heterocycles. The first-order valence-corrected chi connectivity index (χ1v) is 8.05. The van der Waals surface area contributed by atoms with Crippen LogP contribution in [0.4, 0.5) is 0 Å². The quantitative estimate of drug-likeness (QED) is 0.903. The molecule has 0 unspecified atom stereocenters. The Bertz CT molecular complexity index is 722. The van der Waals surface area contributed by atoms with Crippen molar-refractivity contribution < 1.29 is 9.90 Å². The topological polar surface area (TPSA) is 67.2 Å². The highest BCUT2D eigenvalue weighted by Crippen LogP contribution is 2.38. The number of nitrogens with zero attached hydrogens (tertiary/aromatic N) is 2. The van der Waals surface area contributed by atoms with Crippen LogP contribution in [0, 0.1) is 12.8 Å². The maximum Gasteiger partial charge on any atom is 0.252 e. The first-order valence-electron chi connectivity index (χ1n) is 7.67. The number of halogens is 1. The maximum absolute atomic E-state index is 12.6. The van der Waals surface area contributed by atoms with E-state index in [0.29, 0.717) is 23.4 Å². The zero-order chi connectivity index (χ0) is 16.6. The van der Waals surface area contributed by atoms with Gasteiger partial charge in [0.25, 0.3) is 5.91 Å². The van der Waals surface area contributed by atoms with Crippen molar-refractivity contribution in [2.24, 2.45) is 13.0 Å². The summed E-state index contributed by atoms with van der Waals surface area (Å²) in [4.78, 5) is 12.6. The van der Waals surface area contributed by atoms with Crippen LogP contribution in [0.3, 0.4) is 0 Å². The van der Waals surface area contributed by atoms with Crippen LogP contribution in [0.2, 0.25) is 5.02 Å². The van der Waals surface area contributed by atoms with E-state index in [2.05, 4.69) is 10.4 Å². The fourth-order valence-electron chi connectivity index (χ4n) is 3.08. The predicted molar refractivity (Wildman–Crippen MR) is 88.3 cm³/mol. The Kier molecular flexibility index (Phi) is 4.41. The number of amides is 1. The van der Waals surface area contributed by atoms with Crippen molar-refractivity contribution in [3.63, 3.8) is 0 Å². The normalized spacial score (nSPS) is 21.6. The molecule has 1 fully saturated rings. The van der Waals surface area contributed by atoms with Gasteiger partial charge in [-0.1, -0.05) is 11.6 Å². The number of aryl methyl sites for hydroxylation is 2. The SMILES string of the molecule is Cc1cc(Cl)ccc1C(=O)N[C@H](c1cnn(C)c1)C1CC(O)C1. The van der Waals surface area contributed by atoms with E-state index >= 15 is 0 Å². The van der Waals surface area contributed by atoms with Crippen LogP contribution in [0.5, 0.6) is 0 Å². The lowest BCUT2D eigenvalue weighted by Crippen LogP contribution is -2.41. The van der Waals surface area contributed by atoms with E-state index in [4.69, 9.17) is 11.6 Å². The first kappa shape index (κ1) is 16.0. The van der Waals surface area contributed by atoms with Gasteiger partial charge in [-0.2, -0.15) is 5.10 Å². The second-order valence-electron chi connectivity index (χ2n) is 6.24. The Morgan fingerprint density at radius 1 is 1.48 bits per heavy atom. The monoisotopic (exact) mass is 333 g/mol. The second-order valence-corrected chi connectivity index (χ2v) is 6.68. The van der Waals surface area contributed by atoms with E-state index in [-0.39, 0.29) is 24.0 Å². The highest BCUT2D eigenvalue weighted by Gasteiger charge is 2.36. The van der Waals surface area contributed by atoms with Crippen LogP contribution in [0.25, 0.3) is 0 Å². The average molecular weight is 334 g/mol. The van der Waals surface area contributed by atoms with Crippen LogP contribution < -0.4 is 5.32 Å². The molecule has 1 heterocycles. The molecule has 1 aliphatic carbocycles. The van der Waals surface area contributed by atoms with Crippen molar-refractivity contribution in [2.75, 3.05) is 0 Å². The van der Waals surface area contributed by atoms with Gasteiger partial charge in [0.1, 0.15) is 0 Å². The minimum Gasteiger partial charge on any atom is -0.393 e. The summed E-state index contributed by atoms with van der Waals surface area (Å²) in [5.41, 5.74) is 2.42. The molecule has 122 valence electrons. The van der Waals surface area contributed by atoms with Gasteiger partial charge in [-0.25, -0.2) is 0 Å². The zero-order valence-corrected chi connectivity index (χ0v) is 13.9. The Balaban J connectivity index is 1.81. The van der Waals surface area contributed by atoms with Gasteiger partial charge in [-0.15, -0.1) is 0 Å². The number of rotatable bonds is 4. The Morgan fingerprint density at radius 2 is 2.22 bits per heavy atom. The molecule has 1 aromatic carbocycles. The third kappa shape index (κ3) is 3.41. The molecule has 1 amide bonds. The fraction of sp³-hybridized carbons (Fsp3) is 0.412. The summed E-state index contributed by atoms with van der Waals surface area (Å²) in [7, 11) is 1.85. The predicted octanol–water partition coefficient (Wildman–Crippen LogP) is 2.62. The van der Waals surface area contributed by atoms with Crippen LogP contribution in [0.1, 0.15) is 40.4 Å². The van der Waals surface area contributed by atoms with Gasteiger partial charge < -0.3 is 10.4 Å². The molecule has 1 aromatic heterocycles. The molecular formula is C17H20ClN3O2. The maximum atomic E-state index is 12.6. The molecule has 0 aliphatic heterocycles. The van der Waals surface area contributed by atoms with Crippen molar-refractivity contribution in [2.45, 2.75) is 31.9 Å². The van der Waals surface area contributed by atoms with Crippen LogP contribution in [0.15, 0.2) is 30.6 Å². The van der Waals surface area contributed by atoms with Gasteiger partial charge in [-0.3, -0.25) is 9.48 Å². The summed E-state index contributed by atoms with van der Waals surface area (Å²) in [5.74, 6) is 0.0974. The summed E-state index contributed by atoms with van der Waals surface area (Å²) in [5, 5.41) is 17.5. The molecule has 1 saturated carbocycles. The highest BCUT2D eigenvalue weighted by molar-refractivity contribution is 6.30. The molecule has 5 nitrogen and oxygen atoms in total. The molecule has 23 heavy (non-hydrogen) atoms. The summed E-state index contributed by atoms with van der Waals surface area (Å²) < 4.78 is 1.72. The molecule has 0 spiro atoms. The lowest BCUT2D eigenvalue weighted by Gasteiger charge is -2.37. The van der Waals surface area contributed by atoms with Gasteiger partial charge in [0.2, 0.25) is 0 Å². The number of aromatic nitrogens is 2. The molecule has 1 aliphatic rings. The number of carbonyl (C=O) groups excluding carboxylic acids is 1. The Morgan fingerprint density at radius 3 is 2.78 bits per heavy atom. The molecule has 2 aromatic rings. The smallest absolute Gasteiger partial charge is 0.252 e. The molecular weight excluding hydrogens is 314 g/mol. The van der Waals surface area contributed by atoms with Crippen LogP contribution in [-0.2, 0) is 7.05 Å². The van der Waals surface area contributed by atoms with E-state index in [9.17, 15) is 9.90 Å². The van der Waals surface area contributed by atoms with E-state index in [0.717, 1.165) is 11.1 Å². The van der Waals surface area contributed by atoms with Gasteiger partial charge in [0.15, 0.2) is 0 Å². The number of nitrogens with one attached hydrogen (secondary N) is 1. The number of hydrogen-bond donors (Lipinski definition) is 2. The number of hydrogen-bond acceptors (Lipinski definition) is 3. The minimum atomic E-state index is -0.270. The zero-order valence-electron chi connectivity index (χ0n) is 13.2. The lowest BCUT2D eigenvalue weighted by atomic mass is 9.75. The van der Waals surface area contributed by atoms with Crippen LogP contribution >= 0.6 is 11.6 Å². The second kappa shape index (κ2) is 6.34. The number of aliphatic hydroxyl groups is 1. The van der Waals surface area contributed by atoms with Gasteiger partial charge >= 0.3 is 0 Å². The summed E-state index contributed by atoms with van der Waals surface area (Å²) in [6.07, 6.45) is 4.79. The summed E-state index contributed by atoms with van der Waals surface area (Å²) in [6, 6.07) is 5.09. The number of aliphatic hydroxyl groups excluding tert-OH is 1. The largest absolute Gasteiger partial charge is 0.393 e. The average Bonchev–Trinajstić information content (AvgIpc) is 2.88. The highest BCUT2D eigenvalue weighted by atomic mass is 35.5. The standard InChI is InChI=1S/C17H20ClN3O2/c1-10-5-13(18)3-4-15(10)17(23)20-16(11-6-14(22)7-11)12-8-19-21(2)9-12/h3-5,8-9,11,14,16,22H,6-7H2,1-2H3,(H,20,23)/t11?,14?,16-/m0/s1. The third-order valence-corrected chi connectivity index (χ3v) is 4.66. The lowest BCUT2D eigenvalue weighted by molar-refractivity contribution is 0.0235. The van der Waals surface area contributed by atoms with Crippen molar-refractivity contribution in [1.82, 2.24) is 15.1 Å². The minimum absolute atomic E-state index is 0.130. The van der Waals surface area contributed by atoms with Gasteiger partial charge in [0.05, 0.1) is 18.3 Å². The summed E-state index contributed by atoms with van der Waals surface area (Å²) >= 11 is 5.95. The summed E-state index contributed by atoms with van der Waals surface area (Å²) in [6.45, 7) is 1.87. The first-order chi connectivity index (χ1) is 10.9. The third-order valence-electron chi connectivity index (χ3n) is 4.42. The molecule has 6 heteroatoms.